The van der Waals surface area contributed by atoms with Gasteiger partial charge < -0.3 is 0 Å². The number of alkyl halides is 6. The molecule has 0 bridgehead atoms. The van der Waals surface area contributed by atoms with Crippen molar-refractivity contribution in [1.29, 1.82) is 0 Å². The van der Waals surface area contributed by atoms with Crippen LogP contribution in [-0.2, 0) is 4.74 Å². The molecule has 0 aromatic carbocycles. The monoisotopic (exact) mass is 288 g/mol. The Hall–Kier alpha value is 0.640. The normalized spacial score (nSPS) is 13.2. The summed E-state index contributed by atoms with van der Waals surface area (Å²) in [4.78, 5) is 0. The van der Waals surface area contributed by atoms with Gasteiger partial charge in [0.05, 0.1) is 0 Å². The summed E-state index contributed by atoms with van der Waals surface area (Å²) in [5, 5.41) is 0. The second kappa shape index (κ2) is 3.87. The van der Waals surface area contributed by atoms with Crippen LogP contribution in [0.15, 0.2) is 0 Å². The highest BCUT2D eigenvalue weighted by Crippen LogP contribution is 2.32. The van der Waals surface area contributed by atoms with Gasteiger partial charge in [-0.1, -0.05) is 31.9 Å². The van der Waals surface area contributed by atoms with E-state index in [2.05, 4.69) is 36.6 Å². The van der Waals surface area contributed by atoms with Gasteiger partial charge in [-0.3, -0.25) is 4.74 Å². The Morgan fingerprint density at radius 1 is 1.20 bits per heavy atom. The quantitative estimate of drug-likeness (QED) is 0.573. The van der Waals surface area contributed by atoms with Gasteiger partial charge in [0.2, 0.25) is 0 Å². The fourth-order valence-corrected chi connectivity index (χ4v) is 0.386. The minimum absolute atomic E-state index is 1.61. The van der Waals surface area contributed by atoms with E-state index < -0.39 is 16.5 Å². The topological polar surface area (TPSA) is 9.23 Å². The molecule has 0 N–H and O–H groups in total. The van der Waals surface area contributed by atoms with Crippen molar-refractivity contribution in [2.24, 2.45) is 0 Å². The van der Waals surface area contributed by atoms with E-state index in [-0.39, 0.29) is 0 Å². The Morgan fingerprint density at radius 2 is 1.60 bits per heavy atom. The summed E-state index contributed by atoms with van der Waals surface area (Å²) in [6.07, 6.45) is -3.89. The maximum atomic E-state index is 12.0. The molecule has 0 aliphatic heterocycles. The zero-order valence-electron chi connectivity index (χ0n) is 4.33. The van der Waals surface area contributed by atoms with E-state index in [0.29, 0.717) is 0 Å². The third kappa shape index (κ3) is 3.72. The van der Waals surface area contributed by atoms with Gasteiger partial charge in [0.1, 0.15) is 0 Å². The smallest absolute Gasteiger partial charge is 0.256 e. The molecule has 0 heterocycles. The Balaban J connectivity index is 3.87. The van der Waals surface area contributed by atoms with E-state index in [0.717, 1.165) is 0 Å². The molecule has 62 valence electrons. The van der Waals surface area contributed by atoms with E-state index in [1.54, 1.807) is 0 Å². The first kappa shape index (κ1) is 10.6. The van der Waals surface area contributed by atoms with Gasteiger partial charge in [0.15, 0.2) is 3.74 Å². The number of halogens is 6. The van der Waals surface area contributed by atoms with Crippen LogP contribution >= 0.6 is 31.9 Å². The van der Waals surface area contributed by atoms with Gasteiger partial charge in [0, 0.05) is 0 Å². The molecular weight excluding hydrogens is 288 g/mol. The SMILES string of the molecule is FC(F)OC(F)(F)C(Br)Br. The molecule has 0 aromatic rings. The van der Waals surface area contributed by atoms with E-state index in [4.69, 9.17) is 0 Å². The van der Waals surface area contributed by atoms with Crippen molar-refractivity contribution < 1.29 is 22.3 Å². The van der Waals surface area contributed by atoms with Crippen molar-refractivity contribution in [1.82, 2.24) is 0 Å². The zero-order valence-corrected chi connectivity index (χ0v) is 7.50. The van der Waals surface area contributed by atoms with Crippen LogP contribution in [0, 0.1) is 0 Å². The van der Waals surface area contributed by atoms with Gasteiger partial charge in [-0.25, -0.2) is 0 Å². The minimum Gasteiger partial charge on any atom is -0.256 e. The predicted molar refractivity (Wildman–Crippen MR) is 33.7 cm³/mol. The number of hydrogen-bond donors (Lipinski definition) is 0. The number of rotatable bonds is 3. The van der Waals surface area contributed by atoms with Crippen molar-refractivity contribution in [3.05, 3.63) is 0 Å². The molecule has 0 unspecified atom stereocenters. The van der Waals surface area contributed by atoms with E-state index >= 15 is 0 Å². The van der Waals surface area contributed by atoms with Crippen molar-refractivity contribution in [3.8, 4) is 0 Å². The molecule has 0 aliphatic rings. The largest absolute Gasteiger partial charge is 0.382 e. The van der Waals surface area contributed by atoms with Crippen molar-refractivity contribution in [3.63, 3.8) is 0 Å². The highest BCUT2D eigenvalue weighted by atomic mass is 79.9. The second-order valence-electron chi connectivity index (χ2n) is 1.24. The minimum atomic E-state index is -3.89. The Bertz CT molecular complexity index is 107. The average Bonchev–Trinajstić information content (AvgIpc) is 1.60. The summed E-state index contributed by atoms with van der Waals surface area (Å²) in [6, 6.07) is 0. The van der Waals surface area contributed by atoms with Crippen LogP contribution in [-0.4, -0.2) is 16.5 Å². The Morgan fingerprint density at radius 3 is 1.70 bits per heavy atom. The van der Waals surface area contributed by atoms with Gasteiger partial charge in [-0.2, -0.15) is 17.6 Å². The molecule has 0 saturated heterocycles. The van der Waals surface area contributed by atoms with Crippen LogP contribution in [0.5, 0.6) is 0 Å². The molecule has 0 aliphatic carbocycles. The molecule has 7 heteroatoms. The molecule has 0 atom stereocenters. The van der Waals surface area contributed by atoms with Gasteiger partial charge >= 0.3 is 12.7 Å². The van der Waals surface area contributed by atoms with Crippen LogP contribution in [0.1, 0.15) is 0 Å². The summed E-state index contributed by atoms with van der Waals surface area (Å²) in [5.74, 6) is 0. The molecule has 1 nitrogen and oxygen atoms in total. The Kier molecular flexibility index (Phi) is 4.12. The van der Waals surface area contributed by atoms with Crippen molar-refractivity contribution in [2.45, 2.75) is 16.5 Å². The summed E-state index contributed by atoms with van der Waals surface area (Å²) in [7, 11) is 0. The summed E-state index contributed by atoms with van der Waals surface area (Å²) < 4.78 is 47.6. The predicted octanol–water partition coefficient (Wildman–Crippen LogP) is 2.93. The lowest BCUT2D eigenvalue weighted by Gasteiger charge is -2.16. The lowest BCUT2D eigenvalue weighted by Crippen LogP contribution is -2.30. The van der Waals surface area contributed by atoms with Crippen LogP contribution < -0.4 is 0 Å². The molecule has 0 amide bonds. The van der Waals surface area contributed by atoms with E-state index in [1.165, 1.54) is 0 Å². The molecule has 0 rings (SSSR count). The zero-order chi connectivity index (χ0) is 8.36. The van der Waals surface area contributed by atoms with Crippen molar-refractivity contribution in [2.75, 3.05) is 0 Å². The van der Waals surface area contributed by atoms with Crippen LogP contribution in [0.2, 0.25) is 0 Å². The highest BCUT2D eigenvalue weighted by molar-refractivity contribution is 9.24. The van der Waals surface area contributed by atoms with E-state index in [9.17, 15) is 17.6 Å². The number of hydrogen-bond acceptors (Lipinski definition) is 1. The summed E-state index contributed by atoms with van der Waals surface area (Å²) in [5.41, 5.74) is 0. The highest BCUT2D eigenvalue weighted by Gasteiger charge is 2.40. The number of ether oxygens (including phenoxy) is 1. The first-order valence-corrected chi connectivity index (χ1v) is 3.81. The third-order valence-corrected chi connectivity index (χ3v) is 1.57. The lowest BCUT2D eigenvalue weighted by atomic mass is 10.7. The first-order chi connectivity index (χ1) is 4.36. The summed E-state index contributed by atoms with van der Waals surface area (Å²) >= 11 is 4.67. The third-order valence-electron chi connectivity index (χ3n) is 0.500. The maximum absolute atomic E-state index is 12.0. The van der Waals surface area contributed by atoms with Crippen LogP contribution in [0.4, 0.5) is 17.6 Å². The standard InChI is InChI=1S/C3H2Br2F4O/c4-1(5)3(8,9)10-2(6)7/h1-2H. The fourth-order valence-electron chi connectivity index (χ4n) is 0.170. The van der Waals surface area contributed by atoms with Crippen LogP contribution in [0.25, 0.3) is 0 Å². The molecule has 0 fully saturated rings. The molecule has 0 radical (unpaired) electrons. The fraction of sp³-hybridized carbons (Fsp3) is 1.00. The van der Waals surface area contributed by atoms with Gasteiger partial charge in [-0.05, 0) is 0 Å². The molecule has 0 saturated carbocycles. The van der Waals surface area contributed by atoms with E-state index in [1.807, 2.05) is 0 Å². The van der Waals surface area contributed by atoms with Gasteiger partial charge in [0.25, 0.3) is 0 Å². The molecule has 0 aromatic heterocycles. The summed E-state index contributed by atoms with van der Waals surface area (Å²) in [6.45, 7) is -3.48. The van der Waals surface area contributed by atoms with Crippen LogP contribution in [0.3, 0.4) is 0 Å². The molecule has 10 heavy (non-hydrogen) atoms. The average molecular weight is 290 g/mol. The maximum Gasteiger partial charge on any atom is 0.382 e. The Labute approximate surface area is 71.0 Å². The lowest BCUT2D eigenvalue weighted by molar-refractivity contribution is -0.309. The molecular formula is C3H2Br2F4O. The second-order valence-corrected chi connectivity index (χ2v) is 4.30. The van der Waals surface area contributed by atoms with Crippen molar-refractivity contribution >= 4 is 31.9 Å². The van der Waals surface area contributed by atoms with Gasteiger partial charge in [-0.15, -0.1) is 0 Å². The molecule has 0 spiro atoms. The first-order valence-electron chi connectivity index (χ1n) is 1.98.